The zero-order valence-electron chi connectivity index (χ0n) is 25.8. The van der Waals surface area contributed by atoms with Gasteiger partial charge in [-0.05, 0) is 24.3 Å². The van der Waals surface area contributed by atoms with E-state index in [1.807, 2.05) is 41.5 Å². The van der Waals surface area contributed by atoms with Gasteiger partial charge in [-0.2, -0.15) is 34.5 Å². The van der Waals surface area contributed by atoms with Crippen LogP contribution in [0.4, 0.5) is 34.6 Å². The molecule has 46 heavy (non-hydrogen) atoms. The van der Waals surface area contributed by atoms with Gasteiger partial charge in [0.25, 0.3) is 11.9 Å². The normalized spacial score (nSPS) is 12.4. The largest absolute Gasteiger partial charge is 0.479 e. The molecule has 0 aliphatic heterocycles. The lowest BCUT2D eigenvalue weighted by Crippen LogP contribution is -2.16. The number of anilines is 2. The van der Waals surface area contributed by atoms with Crippen LogP contribution in [0, 0.1) is 0 Å². The van der Waals surface area contributed by atoms with Crippen molar-refractivity contribution in [3.8, 4) is 17.9 Å². The highest BCUT2D eigenvalue weighted by atomic mass is 16.4. The summed E-state index contributed by atoms with van der Waals surface area (Å²) in [5.74, 6) is -0.825. The van der Waals surface area contributed by atoms with Crippen LogP contribution in [0.1, 0.15) is 63.3 Å². The number of pyridine rings is 2. The number of carbonyl (C=O) groups is 1. The molecule has 0 aliphatic carbocycles. The van der Waals surface area contributed by atoms with E-state index < -0.39 is 22.8 Å². The monoisotopic (exact) mass is 625 g/mol. The first-order chi connectivity index (χ1) is 21.6. The van der Waals surface area contributed by atoms with E-state index in [0.29, 0.717) is 17.2 Å². The van der Waals surface area contributed by atoms with Crippen molar-refractivity contribution in [3.05, 3.63) is 59.7 Å². The lowest BCUT2D eigenvalue weighted by atomic mass is 9.91. The van der Waals surface area contributed by atoms with Crippen molar-refractivity contribution in [2.24, 2.45) is 20.5 Å². The highest BCUT2D eigenvalue weighted by Crippen LogP contribution is 2.39. The highest BCUT2D eigenvalue weighted by molar-refractivity contribution is 5.87. The van der Waals surface area contributed by atoms with Gasteiger partial charge in [0.2, 0.25) is 0 Å². The third-order valence-corrected chi connectivity index (χ3v) is 6.34. The van der Waals surface area contributed by atoms with E-state index in [-0.39, 0.29) is 46.3 Å². The molecular formula is C28H31N15O3. The fourth-order valence-electron chi connectivity index (χ4n) is 4.08. The minimum Gasteiger partial charge on any atom is -0.479 e. The lowest BCUT2D eigenvalue weighted by molar-refractivity contribution is 0.0696. The van der Waals surface area contributed by atoms with E-state index in [4.69, 9.17) is 16.6 Å². The van der Waals surface area contributed by atoms with Gasteiger partial charge < -0.3 is 21.7 Å². The molecule has 5 aromatic heterocycles. The molecule has 5 aromatic rings. The summed E-state index contributed by atoms with van der Waals surface area (Å²) in [6, 6.07) is 7.35. The molecule has 0 saturated carbocycles. The molecule has 5 rings (SSSR count). The third kappa shape index (κ3) is 6.35. The summed E-state index contributed by atoms with van der Waals surface area (Å²) in [5, 5.41) is 45.8. The van der Waals surface area contributed by atoms with Crippen molar-refractivity contribution >= 4 is 40.6 Å². The van der Waals surface area contributed by atoms with Gasteiger partial charge in [-0.3, -0.25) is 0 Å². The summed E-state index contributed by atoms with van der Waals surface area (Å²) in [7, 11) is 0. The number of azo groups is 2. The lowest BCUT2D eigenvalue weighted by Gasteiger charge is -2.15. The van der Waals surface area contributed by atoms with Crippen LogP contribution in [0.25, 0.3) is 11.9 Å². The predicted octanol–water partition coefficient (Wildman–Crippen LogP) is 5.03. The Labute approximate surface area is 262 Å². The van der Waals surface area contributed by atoms with Crippen molar-refractivity contribution in [3.63, 3.8) is 0 Å². The minimum atomic E-state index is -1.12. The van der Waals surface area contributed by atoms with E-state index in [1.54, 1.807) is 24.4 Å². The molecule has 18 heteroatoms. The zero-order valence-corrected chi connectivity index (χ0v) is 25.8. The van der Waals surface area contributed by atoms with Crippen molar-refractivity contribution in [2.75, 3.05) is 11.5 Å². The molecule has 0 unspecified atom stereocenters. The Morgan fingerprint density at radius 2 is 1.26 bits per heavy atom. The van der Waals surface area contributed by atoms with Crippen LogP contribution in [0.5, 0.6) is 6.01 Å². The number of nitrogens with two attached hydrogens (primary N) is 2. The first-order valence-corrected chi connectivity index (χ1v) is 13.8. The number of nitrogens with zero attached hydrogens (tertiary/aromatic N) is 13. The van der Waals surface area contributed by atoms with Gasteiger partial charge in [0.05, 0.1) is 17.0 Å². The maximum absolute atomic E-state index is 11.2. The molecule has 0 fully saturated rings. The molecule has 0 spiro atoms. The molecular weight excluding hydrogens is 594 g/mol. The van der Waals surface area contributed by atoms with E-state index in [9.17, 15) is 9.90 Å². The van der Waals surface area contributed by atoms with E-state index >= 15 is 0 Å². The molecule has 0 radical (unpaired) electrons. The number of carboxylic acids is 1. The summed E-state index contributed by atoms with van der Waals surface area (Å²) < 4.78 is 2.41. The fourth-order valence-corrected chi connectivity index (χ4v) is 4.08. The average Bonchev–Trinajstić information content (AvgIpc) is 3.52. The van der Waals surface area contributed by atoms with Crippen molar-refractivity contribution in [1.82, 2.24) is 44.5 Å². The van der Waals surface area contributed by atoms with Crippen LogP contribution in [-0.4, -0.2) is 60.7 Å². The molecule has 0 atom stereocenters. The maximum Gasteiger partial charge on any atom is 0.337 e. The number of nitrogen functional groups attached to an aromatic ring is 2. The molecule has 0 amide bonds. The van der Waals surface area contributed by atoms with Gasteiger partial charge >= 0.3 is 12.0 Å². The summed E-state index contributed by atoms with van der Waals surface area (Å²) in [6.45, 7) is 11.5. The molecule has 5 heterocycles. The number of aromatic nitrogens is 9. The Balaban J connectivity index is 1.60. The summed E-state index contributed by atoms with van der Waals surface area (Å²) in [6.07, 6.45) is 2.76. The number of hydrogen-bond donors (Lipinski definition) is 4. The first-order valence-electron chi connectivity index (χ1n) is 13.8. The third-order valence-electron chi connectivity index (χ3n) is 6.34. The van der Waals surface area contributed by atoms with Crippen LogP contribution < -0.4 is 11.5 Å². The highest BCUT2D eigenvalue weighted by Gasteiger charge is 2.30. The summed E-state index contributed by atoms with van der Waals surface area (Å²) in [5.41, 5.74) is 13.3. The SMILES string of the molecule is CC(C)(C)c1nn(-c2nc(O)nc(-n3nc(C(C)(C)C)c(N=Nc4ccc(C(=O)O)cn4)c3N)n2)c(N)c1N=Nc1ccccn1. The van der Waals surface area contributed by atoms with Gasteiger partial charge in [-0.25, -0.2) is 14.8 Å². The quantitative estimate of drug-likeness (QED) is 0.174. The van der Waals surface area contributed by atoms with Crippen LogP contribution in [-0.2, 0) is 10.8 Å². The maximum atomic E-state index is 11.2. The molecule has 0 saturated heterocycles. The van der Waals surface area contributed by atoms with Gasteiger partial charge in [-0.15, -0.1) is 20.5 Å². The van der Waals surface area contributed by atoms with E-state index in [2.05, 4.69) is 55.6 Å². The number of aromatic hydroxyl groups is 1. The number of aromatic carboxylic acids is 1. The zero-order chi connectivity index (χ0) is 33.4. The second kappa shape index (κ2) is 11.7. The molecule has 0 aromatic carbocycles. The van der Waals surface area contributed by atoms with Crippen molar-refractivity contribution in [1.29, 1.82) is 0 Å². The van der Waals surface area contributed by atoms with Crippen LogP contribution in [0.15, 0.2) is 63.2 Å². The summed E-state index contributed by atoms with van der Waals surface area (Å²) in [4.78, 5) is 31.9. The predicted molar refractivity (Wildman–Crippen MR) is 166 cm³/mol. The topological polar surface area (TPSA) is 259 Å². The minimum absolute atomic E-state index is 0.000971. The van der Waals surface area contributed by atoms with Gasteiger partial charge in [0, 0.05) is 23.2 Å². The molecule has 0 aliphatic rings. The van der Waals surface area contributed by atoms with Gasteiger partial charge in [0.15, 0.2) is 34.6 Å². The Hall–Kier alpha value is -6.20. The Morgan fingerprint density at radius 1 is 0.739 bits per heavy atom. The second-order valence-corrected chi connectivity index (χ2v) is 12.0. The van der Waals surface area contributed by atoms with Gasteiger partial charge in [-0.1, -0.05) is 47.6 Å². The van der Waals surface area contributed by atoms with Gasteiger partial charge in [0.1, 0.15) is 0 Å². The van der Waals surface area contributed by atoms with Crippen LogP contribution in [0.3, 0.4) is 0 Å². The van der Waals surface area contributed by atoms with Crippen molar-refractivity contribution in [2.45, 2.75) is 52.4 Å². The smallest absolute Gasteiger partial charge is 0.337 e. The number of hydrogen-bond acceptors (Lipinski definition) is 15. The standard InChI is InChI=1S/C28H31N15O3/c1-27(2,3)19-17(38-36-15-9-7-8-12-31-15)21(29)42(40-19)24-33-25(35-26(46)34-24)43-22(30)18(20(41-43)28(4,5)6)39-37-16-11-10-14(13-32-16)23(44)45/h7-13H,29-30H2,1-6H3,(H,44,45)(H,33,34,35,46). The molecule has 236 valence electrons. The molecule has 18 nitrogen and oxygen atoms in total. The molecule has 0 bridgehead atoms. The van der Waals surface area contributed by atoms with Crippen LogP contribution in [0.2, 0.25) is 0 Å². The Bertz CT molecular complexity index is 1970. The second-order valence-electron chi connectivity index (χ2n) is 12.0. The fraction of sp³-hybridized carbons (Fsp3) is 0.286. The van der Waals surface area contributed by atoms with E-state index in [1.165, 1.54) is 27.7 Å². The summed E-state index contributed by atoms with van der Waals surface area (Å²) >= 11 is 0. The average molecular weight is 626 g/mol. The number of rotatable bonds is 7. The molecule has 6 N–H and O–H groups in total. The Morgan fingerprint density at radius 3 is 1.67 bits per heavy atom. The Kier molecular flexibility index (Phi) is 7.95. The first kappa shape index (κ1) is 31.2. The van der Waals surface area contributed by atoms with E-state index in [0.717, 1.165) is 0 Å². The number of carboxylic acid groups (broad SMARTS) is 1. The van der Waals surface area contributed by atoms with Crippen LogP contribution >= 0.6 is 0 Å². The van der Waals surface area contributed by atoms with Crippen molar-refractivity contribution < 1.29 is 15.0 Å².